The third-order valence-corrected chi connectivity index (χ3v) is 3.46. The number of anilines is 1. The predicted molar refractivity (Wildman–Crippen MR) is 67.9 cm³/mol. The summed E-state index contributed by atoms with van der Waals surface area (Å²) < 4.78 is 5.01. The van der Waals surface area contributed by atoms with Crippen molar-refractivity contribution in [3.05, 3.63) is 46.8 Å². The molecule has 0 radical (unpaired) electrons. The standard InChI is InChI=1S/C14H12N2O3/c1-8-3-4-11-12(9(8)2)16(14(18)13(11)17)7-10-5-6-15-19-10/h3-6H,7H2,1-2H3. The molecule has 0 spiro atoms. The van der Waals surface area contributed by atoms with Crippen molar-refractivity contribution in [1.82, 2.24) is 5.16 Å². The van der Waals surface area contributed by atoms with Crippen LogP contribution in [0.15, 0.2) is 28.9 Å². The molecule has 1 aromatic carbocycles. The minimum Gasteiger partial charge on any atom is -0.359 e. The van der Waals surface area contributed by atoms with Gasteiger partial charge in [-0.25, -0.2) is 0 Å². The lowest BCUT2D eigenvalue weighted by Gasteiger charge is -2.17. The zero-order chi connectivity index (χ0) is 13.6. The molecule has 1 amide bonds. The number of hydrogen-bond donors (Lipinski definition) is 0. The van der Waals surface area contributed by atoms with Gasteiger partial charge >= 0.3 is 0 Å². The van der Waals surface area contributed by atoms with E-state index in [4.69, 9.17) is 4.52 Å². The Bertz CT molecular complexity index is 674. The highest BCUT2D eigenvalue weighted by molar-refractivity contribution is 6.52. The molecule has 0 N–H and O–H groups in total. The molecular weight excluding hydrogens is 244 g/mol. The number of carbonyl (C=O) groups excluding carboxylic acids is 2. The van der Waals surface area contributed by atoms with E-state index in [1.54, 1.807) is 12.1 Å². The highest BCUT2D eigenvalue weighted by atomic mass is 16.5. The largest absolute Gasteiger partial charge is 0.359 e. The van der Waals surface area contributed by atoms with Gasteiger partial charge in [-0.15, -0.1) is 0 Å². The molecule has 19 heavy (non-hydrogen) atoms. The summed E-state index contributed by atoms with van der Waals surface area (Å²) in [4.78, 5) is 25.5. The number of nitrogens with zero attached hydrogens (tertiary/aromatic N) is 2. The van der Waals surface area contributed by atoms with Crippen molar-refractivity contribution in [2.75, 3.05) is 4.90 Å². The number of fused-ring (bicyclic) bond motifs is 1. The molecular formula is C14H12N2O3. The summed E-state index contributed by atoms with van der Waals surface area (Å²) in [6.07, 6.45) is 1.52. The van der Waals surface area contributed by atoms with Crippen LogP contribution in [-0.4, -0.2) is 16.8 Å². The molecule has 0 fully saturated rings. The predicted octanol–water partition coefficient (Wildman–Crippen LogP) is 2.02. The molecule has 0 atom stereocenters. The lowest BCUT2D eigenvalue weighted by atomic mass is 10.0. The molecule has 0 bridgehead atoms. The molecule has 1 aliphatic heterocycles. The van der Waals surface area contributed by atoms with Crippen LogP contribution < -0.4 is 4.90 Å². The SMILES string of the molecule is Cc1ccc2c(c1C)N(Cc1ccno1)C(=O)C2=O. The lowest BCUT2D eigenvalue weighted by Crippen LogP contribution is -2.29. The van der Waals surface area contributed by atoms with Gasteiger partial charge in [-0.2, -0.15) is 0 Å². The number of aromatic nitrogens is 1. The molecule has 2 aromatic rings. The third-order valence-electron chi connectivity index (χ3n) is 3.46. The fraction of sp³-hybridized carbons (Fsp3) is 0.214. The van der Waals surface area contributed by atoms with E-state index in [2.05, 4.69) is 5.16 Å². The van der Waals surface area contributed by atoms with Crippen molar-refractivity contribution >= 4 is 17.4 Å². The topological polar surface area (TPSA) is 63.4 Å². The Kier molecular flexibility index (Phi) is 2.48. The highest BCUT2D eigenvalue weighted by Gasteiger charge is 2.37. The van der Waals surface area contributed by atoms with Gasteiger partial charge in [0.15, 0.2) is 5.76 Å². The average Bonchev–Trinajstić information content (AvgIpc) is 2.98. The Morgan fingerprint density at radius 1 is 1.21 bits per heavy atom. The second-order valence-corrected chi connectivity index (χ2v) is 4.60. The first kappa shape index (κ1) is 11.6. The Hall–Kier alpha value is -2.43. The molecule has 0 unspecified atom stereocenters. The molecule has 96 valence electrons. The van der Waals surface area contributed by atoms with Crippen LogP contribution in [0.5, 0.6) is 0 Å². The fourth-order valence-electron chi connectivity index (χ4n) is 2.30. The van der Waals surface area contributed by atoms with E-state index in [0.717, 1.165) is 11.1 Å². The first-order valence-corrected chi connectivity index (χ1v) is 5.95. The molecule has 0 saturated carbocycles. The van der Waals surface area contributed by atoms with Crippen molar-refractivity contribution in [1.29, 1.82) is 0 Å². The number of ketones is 1. The van der Waals surface area contributed by atoms with Gasteiger partial charge in [0.2, 0.25) is 0 Å². The summed E-state index contributed by atoms with van der Waals surface area (Å²) in [6.45, 7) is 4.09. The van der Waals surface area contributed by atoms with E-state index in [1.165, 1.54) is 11.1 Å². The van der Waals surface area contributed by atoms with Crippen LogP contribution in [-0.2, 0) is 11.3 Å². The summed E-state index contributed by atoms with van der Waals surface area (Å²) in [6, 6.07) is 5.25. The van der Waals surface area contributed by atoms with Crippen molar-refractivity contribution in [3.8, 4) is 0 Å². The Labute approximate surface area is 109 Å². The number of carbonyl (C=O) groups is 2. The van der Waals surface area contributed by atoms with Gasteiger partial charge in [0.05, 0.1) is 24.0 Å². The van der Waals surface area contributed by atoms with E-state index in [0.29, 0.717) is 17.0 Å². The molecule has 1 aromatic heterocycles. The zero-order valence-electron chi connectivity index (χ0n) is 10.6. The van der Waals surface area contributed by atoms with Gasteiger partial charge in [0.1, 0.15) is 0 Å². The number of benzene rings is 1. The van der Waals surface area contributed by atoms with Crippen LogP contribution in [0, 0.1) is 13.8 Å². The van der Waals surface area contributed by atoms with Crippen molar-refractivity contribution < 1.29 is 14.1 Å². The van der Waals surface area contributed by atoms with E-state index < -0.39 is 11.7 Å². The molecule has 0 saturated heterocycles. The fourth-order valence-corrected chi connectivity index (χ4v) is 2.30. The second kappa shape index (κ2) is 4.05. The molecule has 1 aliphatic rings. The third kappa shape index (κ3) is 1.66. The maximum atomic E-state index is 12.1. The van der Waals surface area contributed by atoms with Crippen LogP contribution >= 0.6 is 0 Å². The number of hydrogen-bond acceptors (Lipinski definition) is 4. The molecule has 0 aliphatic carbocycles. The second-order valence-electron chi connectivity index (χ2n) is 4.60. The summed E-state index contributed by atoms with van der Waals surface area (Å²) in [5.74, 6) is -0.423. The van der Waals surface area contributed by atoms with E-state index in [-0.39, 0.29) is 6.54 Å². The zero-order valence-corrected chi connectivity index (χ0v) is 10.6. The first-order valence-electron chi connectivity index (χ1n) is 5.95. The lowest BCUT2D eigenvalue weighted by molar-refractivity contribution is -0.114. The molecule has 2 heterocycles. The minimum absolute atomic E-state index is 0.224. The molecule has 5 heteroatoms. The van der Waals surface area contributed by atoms with Gasteiger partial charge in [0, 0.05) is 6.07 Å². The van der Waals surface area contributed by atoms with E-state index >= 15 is 0 Å². The van der Waals surface area contributed by atoms with Gasteiger partial charge < -0.3 is 4.52 Å². The summed E-state index contributed by atoms with van der Waals surface area (Å²) in [5, 5.41) is 3.61. The monoisotopic (exact) mass is 256 g/mol. The first-order chi connectivity index (χ1) is 9.09. The van der Waals surface area contributed by atoms with E-state index in [9.17, 15) is 9.59 Å². The Balaban J connectivity index is 2.10. The summed E-state index contributed by atoms with van der Waals surface area (Å²) >= 11 is 0. The number of amides is 1. The Morgan fingerprint density at radius 3 is 2.68 bits per heavy atom. The van der Waals surface area contributed by atoms with Crippen molar-refractivity contribution in [2.24, 2.45) is 0 Å². The van der Waals surface area contributed by atoms with Crippen molar-refractivity contribution in [2.45, 2.75) is 20.4 Å². The van der Waals surface area contributed by atoms with Crippen LogP contribution in [0.3, 0.4) is 0 Å². The summed E-state index contributed by atoms with van der Waals surface area (Å²) in [5.41, 5.74) is 3.14. The van der Waals surface area contributed by atoms with Gasteiger partial charge in [-0.1, -0.05) is 11.2 Å². The maximum absolute atomic E-state index is 12.1. The minimum atomic E-state index is -0.514. The molecule has 5 nitrogen and oxygen atoms in total. The summed E-state index contributed by atoms with van der Waals surface area (Å²) in [7, 11) is 0. The average molecular weight is 256 g/mol. The Morgan fingerprint density at radius 2 is 2.00 bits per heavy atom. The quantitative estimate of drug-likeness (QED) is 0.771. The number of rotatable bonds is 2. The van der Waals surface area contributed by atoms with Crippen LogP contribution in [0.25, 0.3) is 0 Å². The normalized spacial score (nSPS) is 14.1. The van der Waals surface area contributed by atoms with Crippen LogP contribution in [0.4, 0.5) is 5.69 Å². The van der Waals surface area contributed by atoms with Gasteiger partial charge in [-0.3, -0.25) is 14.5 Å². The van der Waals surface area contributed by atoms with Crippen LogP contribution in [0.2, 0.25) is 0 Å². The van der Waals surface area contributed by atoms with Gasteiger partial charge in [-0.05, 0) is 31.0 Å². The number of Topliss-reactive ketones (excluding diaryl/α,β-unsaturated/α-hetero) is 1. The van der Waals surface area contributed by atoms with E-state index in [1.807, 2.05) is 19.9 Å². The highest BCUT2D eigenvalue weighted by Crippen LogP contribution is 2.34. The van der Waals surface area contributed by atoms with Crippen molar-refractivity contribution in [3.63, 3.8) is 0 Å². The number of aryl methyl sites for hydroxylation is 1. The van der Waals surface area contributed by atoms with Gasteiger partial charge in [0.25, 0.3) is 11.7 Å². The molecule has 3 rings (SSSR count). The van der Waals surface area contributed by atoms with Crippen LogP contribution in [0.1, 0.15) is 27.2 Å². The smallest absolute Gasteiger partial charge is 0.299 e. The maximum Gasteiger partial charge on any atom is 0.299 e.